The van der Waals surface area contributed by atoms with E-state index in [2.05, 4.69) is 23.4 Å². The summed E-state index contributed by atoms with van der Waals surface area (Å²) in [6.07, 6.45) is 4.67. The van der Waals surface area contributed by atoms with Gasteiger partial charge in [0.05, 0.1) is 4.92 Å². The lowest BCUT2D eigenvalue weighted by Crippen LogP contribution is -2.24. The number of nitro groups is 1. The van der Waals surface area contributed by atoms with Crippen LogP contribution in [0.2, 0.25) is 0 Å². The van der Waals surface area contributed by atoms with Gasteiger partial charge < -0.3 is 5.32 Å². The Kier molecular flexibility index (Phi) is 6.36. The zero-order chi connectivity index (χ0) is 20.8. The van der Waals surface area contributed by atoms with E-state index in [-0.39, 0.29) is 11.3 Å². The van der Waals surface area contributed by atoms with Crippen molar-refractivity contribution in [2.75, 3.05) is 25.0 Å². The second-order valence-corrected chi connectivity index (χ2v) is 6.84. The Morgan fingerprint density at radius 2 is 1.69 bits per heavy atom. The summed E-state index contributed by atoms with van der Waals surface area (Å²) in [6, 6.07) is 13.5. The van der Waals surface area contributed by atoms with Gasteiger partial charge in [0.15, 0.2) is 0 Å². The molecule has 0 aliphatic carbocycles. The number of nitrogens with one attached hydrogen (secondary N) is 1. The van der Waals surface area contributed by atoms with Crippen LogP contribution in [-0.2, 0) is 6.42 Å². The largest absolute Gasteiger partial charge is 0.322 e. The summed E-state index contributed by atoms with van der Waals surface area (Å²) in [7, 11) is 0. The van der Waals surface area contributed by atoms with Crippen molar-refractivity contribution in [2.24, 2.45) is 0 Å². The van der Waals surface area contributed by atoms with E-state index in [9.17, 15) is 14.9 Å². The highest BCUT2D eigenvalue weighted by molar-refractivity contribution is 6.07. The molecule has 3 rings (SSSR count). The quantitative estimate of drug-likeness (QED) is 0.537. The highest BCUT2D eigenvalue weighted by atomic mass is 16.6. The molecule has 1 heterocycles. The van der Waals surface area contributed by atoms with Gasteiger partial charge in [0, 0.05) is 31.4 Å². The molecule has 0 saturated carbocycles. The number of anilines is 1. The van der Waals surface area contributed by atoms with Crippen LogP contribution >= 0.6 is 0 Å². The summed E-state index contributed by atoms with van der Waals surface area (Å²) < 4.78 is 0. The number of benzene rings is 2. The first kappa shape index (κ1) is 20.2. The van der Waals surface area contributed by atoms with Crippen LogP contribution in [0.15, 0.2) is 85.0 Å². The first-order valence-electron chi connectivity index (χ1n) is 9.34. The number of carbonyl (C=O) groups excluding carboxylic acids is 1. The number of para-hydroxylation sites is 1. The summed E-state index contributed by atoms with van der Waals surface area (Å²) >= 11 is 0. The number of nitro benzene ring substituents is 1. The highest BCUT2D eigenvalue weighted by Crippen LogP contribution is 2.21. The van der Waals surface area contributed by atoms with Crippen LogP contribution < -0.4 is 5.32 Å². The molecule has 1 amide bonds. The van der Waals surface area contributed by atoms with Gasteiger partial charge in [-0.05, 0) is 41.3 Å². The van der Waals surface area contributed by atoms with E-state index in [0.29, 0.717) is 5.69 Å². The lowest BCUT2D eigenvalue weighted by Gasteiger charge is -2.15. The lowest BCUT2D eigenvalue weighted by molar-refractivity contribution is -0.385. The minimum absolute atomic E-state index is 0.0409. The Bertz CT molecular complexity index is 957. The molecule has 0 fully saturated rings. The van der Waals surface area contributed by atoms with E-state index in [0.717, 1.165) is 31.6 Å². The van der Waals surface area contributed by atoms with E-state index in [4.69, 9.17) is 0 Å². The average molecular weight is 389 g/mol. The van der Waals surface area contributed by atoms with Crippen LogP contribution in [0.3, 0.4) is 0 Å². The molecule has 1 N–H and O–H groups in total. The smallest absolute Gasteiger partial charge is 0.282 e. The van der Waals surface area contributed by atoms with E-state index in [1.807, 2.05) is 36.4 Å². The number of nitrogens with zero attached hydrogens (tertiary/aromatic N) is 2. The molecule has 29 heavy (non-hydrogen) atoms. The van der Waals surface area contributed by atoms with Crippen molar-refractivity contribution >= 4 is 17.3 Å². The van der Waals surface area contributed by atoms with Crippen LogP contribution in [0.25, 0.3) is 0 Å². The lowest BCUT2D eigenvalue weighted by atomic mass is 10.1. The van der Waals surface area contributed by atoms with Crippen molar-refractivity contribution < 1.29 is 9.72 Å². The third kappa shape index (κ3) is 4.86. The van der Waals surface area contributed by atoms with Gasteiger partial charge in [-0.3, -0.25) is 19.8 Å². The Hall–Kier alpha value is -3.51. The summed E-state index contributed by atoms with van der Waals surface area (Å²) in [6.45, 7) is 10.4. The maximum atomic E-state index is 12.4. The van der Waals surface area contributed by atoms with Gasteiger partial charge >= 0.3 is 0 Å². The molecule has 0 spiro atoms. The predicted octanol–water partition coefficient (Wildman–Crippen LogP) is 4.37. The Morgan fingerprint density at radius 3 is 2.28 bits per heavy atom. The van der Waals surface area contributed by atoms with Crippen LogP contribution in [0, 0.1) is 10.1 Å². The topological polar surface area (TPSA) is 75.5 Å². The van der Waals surface area contributed by atoms with E-state index in [1.165, 1.54) is 29.3 Å². The fourth-order valence-electron chi connectivity index (χ4n) is 3.36. The Labute approximate surface area is 170 Å². The maximum absolute atomic E-state index is 12.4. The average Bonchev–Trinajstić information content (AvgIpc) is 3.15. The first-order chi connectivity index (χ1) is 14.0. The number of amides is 1. The van der Waals surface area contributed by atoms with Crippen molar-refractivity contribution in [3.8, 4) is 0 Å². The molecule has 2 aromatic rings. The van der Waals surface area contributed by atoms with Gasteiger partial charge in [0.25, 0.3) is 11.6 Å². The predicted molar refractivity (Wildman–Crippen MR) is 115 cm³/mol. The Balaban J connectivity index is 1.57. The molecular weight excluding hydrogens is 366 g/mol. The Morgan fingerprint density at radius 1 is 1.07 bits per heavy atom. The van der Waals surface area contributed by atoms with Gasteiger partial charge in [0.1, 0.15) is 5.56 Å². The zero-order valence-corrected chi connectivity index (χ0v) is 16.1. The van der Waals surface area contributed by atoms with E-state index < -0.39 is 10.8 Å². The SMILES string of the molecule is C=CC1=C(C=C)CN(CCc2ccc(NC(=O)c3ccccc3[N+](=O)[O-])cc2)C1. The molecule has 0 radical (unpaired) electrons. The van der Waals surface area contributed by atoms with E-state index >= 15 is 0 Å². The van der Waals surface area contributed by atoms with Crippen molar-refractivity contribution in [1.82, 2.24) is 4.90 Å². The molecular formula is C23H23N3O3. The molecule has 1 aliphatic rings. The highest BCUT2D eigenvalue weighted by Gasteiger charge is 2.19. The third-order valence-electron chi connectivity index (χ3n) is 4.97. The minimum Gasteiger partial charge on any atom is -0.322 e. The van der Waals surface area contributed by atoms with Gasteiger partial charge in [-0.1, -0.05) is 49.6 Å². The molecule has 0 saturated heterocycles. The molecule has 6 nitrogen and oxygen atoms in total. The normalized spacial score (nSPS) is 13.9. The molecule has 148 valence electrons. The third-order valence-corrected chi connectivity index (χ3v) is 4.97. The summed E-state index contributed by atoms with van der Waals surface area (Å²) in [5.41, 5.74) is 4.04. The number of rotatable bonds is 8. The number of carbonyl (C=O) groups is 1. The zero-order valence-electron chi connectivity index (χ0n) is 16.1. The van der Waals surface area contributed by atoms with Crippen molar-refractivity contribution in [3.05, 3.63) is 106 Å². The molecule has 0 bridgehead atoms. The van der Waals surface area contributed by atoms with Crippen molar-refractivity contribution in [1.29, 1.82) is 0 Å². The van der Waals surface area contributed by atoms with Gasteiger partial charge in [0.2, 0.25) is 0 Å². The first-order valence-corrected chi connectivity index (χ1v) is 9.34. The summed E-state index contributed by atoms with van der Waals surface area (Å²) in [5.74, 6) is -0.498. The summed E-state index contributed by atoms with van der Waals surface area (Å²) in [4.78, 5) is 25.3. The molecule has 0 unspecified atom stereocenters. The second-order valence-electron chi connectivity index (χ2n) is 6.84. The van der Waals surface area contributed by atoms with Gasteiger partial charge in [-0.25, -0.2) is 0 Å². The summed E-state index contributed by atoms with van der Waals surface area (Å²) in [5, 5.41) is 13.8. The van der Waals surface area contributed by atoms with Gasteiger partial charge in [-0.15, -0.1) is 0 Å². The van der Waals surface area contributed by atoms with Crippen LogP contribution in [0.1, 0.15) is 15.9 Å². The fraction of sp³-hybridized carbons (Fsp3) is 0.174. The minimum atomic E-state index is -0.555. The molecule has 1 aliphatic heterocycles. The van der Waals surface area contributed by atoms with Crippen molar-refractivity contribution in [3.63, 3.8) is 0 Å². The maximum Gasteiger partial charge on any atom is 0.282 e. The van der Waals surface area contributed by atoms with Gasteiger partial charge in [-0.2, -0.15) is 0 Å². The molecule has 2 aromatic carbocycles. The molecule has 0 aromatic heterocycles. The fourth-order valence-corrected chi connectivity index (χ4v) is 3.36. The van der Waals surface area contributed by atoms with Crippen LogP contribution in [-0.4, -0.2) is 35.4 Å². The number of hydrogen-bond acceptors (Lipinski definition) is 4. The van der Waals surface area contributed by atoms with Crippen LogP contribution in [0.4, 0.5) is 11.4 Å². The van der Waals surface area contributed by atoms with Crippen LogP contribution in [0.5, 0.6) is 0 Å². The monoisotopic (exact) mass is 389 g/mol. The second kappa shape index (κ2) is 9.12. The van der Waals surface area contributed by atoms with E-state index in [1.54, 1.807) is 6.07 Å². The number of hydrogen-bond donors (Lipinski definition) is 1. The van der Waals surface area contributed by atoms with Crippen molar-refractivity contribution in [2.45, 2.75) is 6.42 Å². The molecule has 6 heteroatoms. The molecule has 0 atom stereocenters. The standard InChI is InChI=1S/C23H23N3O3/c1-3-18-15-25(16-19(18)4-2)14-13-17-9-11-20(12-10-17)24-23(27)21-7-5-6-8-22(21)26(28)29/h3-12H,1-2,13-16H2,(H,24,27).